The number of fused-ring (bicyclic) bond motifs is 1. The van der Waals surface area contributed by atoms with E-state index in [9.17, 15) is 9.70 Å². The molecule has 3 aromatic rings. The minimum absolute atomic E-state index is 0.257. The molecule has 1 aromatic heterocycles. The Morgan fingerprint density at radius 3 is 2.42 bits per heavy atom. The van der Waals surface area contributed by atoms with E-state index in [1.807, 2.05) is 45.0 Å². The first kappa shape index (κ1) is 18.0. The molecular weight excluding hydrogens is 352 g/mol. The summed E-state index contributed by atoms with van der Waals surface area (Å²) in [6.07, 6.45) is -1.38. The van der Waals surface area contributed by atoms with E-state index in [1.165, 1.54) is 35.6 Å². The van der Waals surface area contributed by atoms with Crippen molar-refractivity contribution < 1.29 is 14.3 Å². The summed E-state index contributed by atoms with van der Waals surface area (Å²) in [4.78, 5) is 27.3. The van der Waals surface area contributed by atoms with Gasteiger partial charge in [0.2, 0.25) is 0 Å². The molecule has 0 spiro atoms. The summed E-state index contributed by atoms with van der Waals surface area (Å²) < 4.78 is 11.8. The van der Waals surface area contributed by atoms with Crippen molar-refractivity contribution in [3.63, 3.8) is 0 Å². The summed E-state index contributed by atoms with van der Waals surface area (Å²) in [5, 5.41) is 3.52. The molecule has 0 aliphatic heterocycles. The van der Waals surface area contributed by atoms with Gasteiger partial charge in [-0.25, -0.2) is 9.78 Å². The van der Waals surface area contributed by atoms with Crippen LogP contribution in [0.15, 0.2) is 53.7 Å². The van der Waals surface area contributed by atoms with Crippen molar-refractivity contribution in [3.8, 4) is 5.75 Å². The molecule has 0 fully saturated rings. The van der Waals surface area contributed by atoms with Crippen LogP contribution in [0.1, 0.15) is 31.9 Å². The Labute approximate surface area is 154 Å². The van der Waals surface area contributed by atoms with E-state index in [0.717, 1.165) is 15.2 Å². The van der Waals surface area contributed by atoms with Crippen LogP contribution in [0.2, 0.25) is 0 Å². The Kier molecular flexibility index (Phi) is 4.99. The van der Waals surface area contributed by atoms with E-state index >= 15 is 0 Å². The molecule has 26 heavy (non-hydrogen) atoms. The van der Waals surface area contributed by atoms with Gasteiger partial charge in [-0.15, -0.1) is 16.2 Å². The lowest BCUT2D eigenvalue weighted by molar-refractivity contribution is 0.00436. The molecule has 1 atom stereocenters. The summed E-state index contributed by atoms with van der Waals surface area (Å²) >= 11 is 1.49. The maximum Gasteiger partial charge on any atom is 0.514 e. The van der Waals surface area contributed by atoms with Gasteiger partial charge in [0.05, 0.1) is 10.2 Å². The van der Waals surface area contributed by atoms with Gasteiger partial charge in [0.25, 0.3) is 0 Å². The smallest absolute Gasteiger partial charge is 0.423 e. The van der Waals surface area contributed by atoms with E-state index in [1.54, 1.807) is 0 Å². The standard InChI is InChI=1S/C19H18N2O4S/c1-19(2,3)16(17-20-14-6-4-5-7-15(14)26-17)25-18(22)24-13-10-8-12(21-23)9-11-13/h4-11,16H,1-3H3/t16-/m1/s1. The van der Waals surface area contributed by atoms with Crippen LogP contribution in [0.4, 0.5) is 10.5 Å². The molecule has 0 radical (unpaired) electrons. The van der Waals surface area contributed by atoms with Gasteiger partial charge >= 0.3 is 6.16 Å². The summed E-state index contributed by atoms with van der Waals surface area (Å²) in [6.45, 7) is 5.92. The number of nitrogens with zero attached hydrogens (tertiary/aromatic N) is 2. The van der Waals surface area contributed by atoms with E-state index in [4.69, 9.17) is 9.47 Å². The normalized spacial score (nSPS) is 12.6. The number of ether oxygens (including phenoxy) is 2. The average molecular weight is 370 g/mol. The van der Waals surface area contributed by atoms with Gasteiger partial charge in [0.15, 0.2) is 6.10 Å². The Morgan fingerprint density at radius 2 is 1.81 bits per heavy atom. The van der Waals surface area contributed by atoms with Crippen LogP contribution in [0.5, 0.6) is 5.75 Å². The number of carbonyl (C=O) groups excluding carboxylic acids is 1. The Morgan fingerprint density at radius 1 is 1.12 bits per heavy atom. The van der Waals surface area contributed by atoms with Crippen LogP contribution in [0.25, 0.3) is 10.2 Å². The van der Waals surface area contributed by atoms with Crippen molar-refractivity contribution >= 4 is 33.4 Å². The fraction of sp³-hybridized carbons (Fsp3) is 0.263. The second kappa shape index (κ2) is 7.21. The predicted molar refractivity (Wildman–Crippen MR) is 101 cm³/mol. The van der Waals surface area contributed by atoms with E-state index in [2.05, 4.69) is 10.2 Å². The van der Waals surface area contributed by atoms with Crippen LogP contribution < -0.4 is 4.74 Å². The highest BCUT2D eigenvalue weighted by molar-refractivity contribution is 7.18. The van der Waals surface area contributed by atoms with Gasteiger partial charge in [-0.1, -0.05) is 32.9 Å². The quantitative estimate of drug-likeness (QED) is 0.320. The minimum Gasteiger partial charge on any atom is -0.423 e. The Balaban J connectivity index is 1.79. The van der Waals surface area contributed by atoms with Crippen molar-refractivity contribution in [1.82, 2.24) is 4.98 Å². The molecule has 0 N–H and O–H groups in total. The van der Waals surface area contributed by atoms with Gasteiger partial charge in [-0.05, 0) is 41.6 Å². The van der Waals surface area contributed by atoms with Crippen molar-refractivity contribution in [1.29, 1.82) is 0 Å². The number of hydrogen-bond acceptors (Lipinski definition) is 7. The first-order chi connectivity index (χ1) is 12.4. The third-order valence-corrected chi connectivity index (χ3v) is 4.76. The van der Waals surface area contributed by atoms with Crippen molar-refractivity contribution in [3.05, 3.63) is 58.4 Å². The lowest BCUT2D eigenvalue weighted by atomic mass is 9.89. The molecule has 1 heterocycles. The summed E-state index contributed by atoms with van der Waals surface area (Å²) in [5.41, 5.74) is 0.765. The first-order valence-electron chi connectivity index (χ1n) is 8.04. The molecule has 0 bridgehead atoms. The van der Waals surface area contributed by atoms with Crippen LogP contribution in [0, 0.1) is 10.3 Å². The topological polar surface area (TPSA) is 77.9 Å². The first-order valence-corrected chi connectivity index (χ1v) is 8.86. The van der Waals surface area contributed by atoms with Crippen molar-refractivity contribution in [2.24, 2.45) is 10.6 Å². The van der Waals surface area contributed by atoms with Crippen LogP contribution in [-0.2, 0) is 4.74 Å². The molecule has 6 nitrogen and oxygen atoms in total. The van der Waals surface area contributed by atoms with Gasteiger partial charge in [0, 0.05) is 5.41 Å². The maximum atomic E-state index is 12.3. The van der Waals surface area contributed by atoms with E-state index < -0.39 is 12.3 Å². The monoisotopic (exact) mass is 370 g/mol. The number of nitroso groups, excluding NO2 is 1. The molecular formula is C19H18N2O4S. The number of benzene rings is 2. The minimum atomic E-state index is -0.823. The van der Waals surface area contributed by atoms with Crippen molar-refractivity contribution in [2.45, 2.75) is 26.9 Å². The molecule has 2 aromatic carbocycles. The van der Waals surface area contributed by atoms with Gasteiger partial charge in [0.1, 0.15) is 16.4 Å². The number of rotatable bonds is 4. The number of thiazole rings is 1. The number of aromatic nitrogens is 1. The second-order valence-electron chi connectivity index (χ2n) is 6.82. The summed E-state index contributed by atoms with van der Waals surface area (Å²) in [7, 11) is 0. The highest BCUT2D eigenvalue weighted by atomic mass is 32.1. The van der Waals surface area contributed by atoms with Crippen LogP contribution in [0.3, 0.4) is 0 Å². The zero-order valence-electron chi connectivity index (χ0n) is 14.6. The highest BCUT2D eigenvalue weighted by Gasteiger charge is 2.33. The predicted octanol–water partition coefficient (Wildman–Crippen LogP) is 6.00. The molecule has 7 heteroatoms. The number of carbonyl (C=O) groups is 1. The number of hydrogen-bond donors (Lipinski definition) is 0. The molecule has 3 rings (SSSR count). The fourth-order valence-corrected chi connectivity index (χ4v) is 3.63. The lowest BCUT2D eigenvalue weighted by Crippen LogP contribution is -2.25. The third-order valence-electron chi connectivity index (χ3n) is 3.68. The van der Waals surface area contributed by atoms with Gasteiger partial charge in [-0.3, -0.25) is 0 Å². The molecule has 134 valence electrons. The summed E-state index contributed by atoms with van der Waals surface area (Å²) in [5.74, 6) is 0.277. The van der Waals surface area contributed by atoms with Crippen LogP contribution in [-0.4, -0.2) is 11.1 Å². The molecule has 0 saturated heterocycles. The SMILES string of the molecule is CC(C)(C)[C@H](OC(=O)Oc1ccc(N=O)cc1)c1nc2ccccc2s1. The largest absolute Gasteiger partial charge is 0.514 e. The maximum absolute atomic E-state index is 12.3. The van der Waals surface area contributed by atoms with Gasteiger partial charge in [-0.2, -0.15) is 0 Å². The van der Waals surface area contributed by atoms with E-state index in [-0.39, 0.29) is 16.9 Å². The van der Waals surface area contributed by atoms with Gasteiger partial charge < -0.3 is 9.47 Å². The summed E-state index contributed by atoms with van der Waals surface area (Å²) in [6, 6.07) is 13.7. The zero-order valence-corrected chi connectivity index (χ0v) is 15.4. The Bertz CT molecular complexity index is 896. The molecule has 0 amide bonds. The average Bonchev–Trinajstić information content (AvgIpc) is 3.03. The molecule has 0 aliphatic rings. The molecule has 0 unspecified atom stereocenters. The Hall–Kier alpha value is -2.80. The highest BCUT2D eigenvalue weighted by Crippen LogP contribution is 2.39. The van der Waals surface area contributed by atoms with E-state index in [0.29, 0.717) is 0 Å². The lowest BCUT2D eigenvalue weighted by Gasteiger charge is -2.28. The van der Waals surface area contributed by atoms with Crippen LogP contribution >= 0.6 is 11.3 Å². The second-order valence-corrected chi connectivity index (χ2v) is 7.88. The third kappa shape index (κ3) is 4.05. The molecule has 0 aliphatic carbocycles. The number of para-hydroxylation sites is 1. The zero-order chi connectivity index (χ0) is 18.7. The van der Waals surface area contributed by atoms with Crippen molar-refractivity contribution in [2.75, 3.05) is 0 Å². The molecule has 0 saturated carbocycles. The fourth-order valence-electron chi connectivity index (χ4n) is 2.39.